The molecule has 2 unspecified atom stereocenters. The first-order chi connectivity index (χ1) is 11.1. The number of nitrogens with two attached hydrogens (primary N) is 1. The van der Waals surface area contributed by atoms with Crippen LogP contribution in [-0.2, 0) is 9.59 Å². The van der Waals surface area contributed by atoms with E-state index in [1.54, 1.807) is 11.3 Å². The van der Waals surface area contributed by atoms with Crippen LogP contribution in [0, 0.1) is 5.92 Å². The highest BCUT2D eigenvalue weighted by atomic mass is 32.1. The fourth-order valence-electron chi connectivity index (χ4n) is 2.85. The Morgan fingerprint density at radius 3 is 3.04 bits per heavy atom. The summed E-state index contributed by atoms with van der Waals surface area (Å²) in [6, 6.07) is 4.03. The maximum atomic E-state index is 12.2. The van der Waals surface area contributed by atoms with Gasteiger partial charge in [-0.2, -0.15) is 0 Å². The van der Waals surface area contributed by atoms with E-state index in [1.807, 2.05) is 24.4 Å². The molecule has 1 aliphatic rings. The summed E-state index contributed by atoms with van der Waals surface area (Å²) in [6.07, 6.45) is 1.81. The van der Waals surface area contributed by atoms with Crippen LogP contribution in [0.15, 0.2) is 17.5 Å². The van der Waals surface area contributed by atoms with E-state index in [-0.39, 0.29) is 23.8 Å². The monoisotopic (exact) mass is 338 g/mol. The Balaban J connectivity index is 1.78. The minimum atomic E-state index is -0.0437. The van der Waals surface area contributed by atoms with Crippen molar-refractivity contribution in [2.45, 2.75) is 25.8 Å². The second-order valence-electron chi connectivity index (χ2n) is 5.96. The molecular weight excluding hydrogens is 312 g/mol. The van der Waals surface area contributed by atoms with E-state index in [0.29, 0.717) is 26.2 Å². The fourth-order valence-corrected chi connectivity index (χ4v) is 3.59. The highest BCUT2D eigenvalue weighted by Crippen LogP contribution is 2.19. The average Bonchev–Trinajstić information content (AvgIpc) is 3.07. The van der Waals surface area contributed by atoms with Crippen LogP contribution in [0.2, 0.25) is 0 Å². The van der Waals surface area contributed by atoms with Crippen molar-refractivity contribution in [3.63, 3.8) is 0 Å². The number of amides is 2. The number of nitrogens with one attached hydrogen (secondary N) is 2. The largest absolute Gasteiger partial charge is 0.355 e. The number of rotatable bonds is 7. The second kappa shape index (κ2) is 9.00. The van der Waals surface area contributed by atoms with E-state index in [9.17, 15) is 9.59 Å². The lowest BCUT2D eigenvalue weighted by Gasteiger charge is -2.31. The molecule has 2 amide bonds. The third-order valence-corrected chi connectivity index (χ3v) is 5.09. The van der Waals surface area contributed by atoms with E-state index in [2.05, 4.69) is 15.5 Å². The molecule has 1 aromatic rings. The van der Waals surface area contributed by atoms with E-state index < -0.39 is 0 Å². The normalized spacial score (nSPS) is 20.0. The van der Waals surface area contributed by atoms with Gasteiger partial charge in [0.25, 0.3) is 0 Å². The number of carbonyl (C=O) groups is 2. The van der Waals surface area contributed by atoms with Crippen molar-refractivity contribution in [2.24, 2.45) is 11.7 Å². The van der Waals surface area contributed by atoms with E-state index in [4.69, 9.17) is 5.73 Å². The molecule has 6 nitrogen and oxygen atoms in total. The molecular formula is C16H26N4O2S. The van der Waals surface area contributed by atoms with Crippen molar-refractivity contribution in [1.29, 1.82) is 0 Å². The van der Waals surface area contributed by atoms with Crippen molar-refractivity contribution in [3.8, 4) is 0 Å². The fraction of sp³-hybridized carbons (Fsp3) is 0.625. The molecule has 2 heterocycles. The summed E-state index contributed by atoms with van der Waals surface area (Å²) in [5.74, 6) is 0.0132. The van der Waals surface area contributed by atoms with E-state index in [0.717, 1.165) is 24.3 Å². The Morgan fingerprint density at radius 1 is 1.52 bits per heavy atom. The highest BCUT2D eigenvalue weighted by molar-refractivity contribution is 7.10. The van der Waals surface area contributed by atoms with E-state index >= 15 is 0 Å². The summed E-state index contributed by atoms with van der Waals surface area (Å²) in [4.78, 5) is 27.4. The molecule has 1 fully saturated rings. The SMILES string of the molecule is CC(NC(=O)CN1CCCC(C(=O)NCCN)C1)c1cccs1. The molecule has 0 aromatic carbocycles. The zero-order valence-electron chi connectivity index (χ0n) is 13.6. The Kier molecular flexibility index (Phi) is 7.01. The molecule has 7 heteroatoms. The van der Waals surface area contributed by atoms with Crippen molar-refractivity contribution < 1.29 is 9.59 Å². The van der Waals surface area contributed by atoms with Gasteiger partial charge in [-0.15, -0.1) is 11.3 Å². The number of thiophene rings is 1. The number of hydrogen-bond acceptors (Lipinski definition) is 5. The topological polar surface area (TPSA) is 87.5 Å². The zero-order valence-corrected chi connectivity index (χ0v) is 14.4. The minimum absolute atomic E-state index is 0.00826. The van der Waals surface area contributed by atoms with Crippen LogP contribution in [0.5, 0.6) is 0 Å². The molecule has 23 heavy (non-hydrogen) atoms. The third-order valence-electron chi connectivity index (χ3n) is 4.03. The number of piperidine rings is 1. The predicted molar refractivity (Wildman–Crippen MR) is 92.1 cm³/mol. The summed E-state index contributed by atoms with van der Waals surface area (Å²) < 4.78 is 0. The first-order valence-corrected chi connectivity index (χ1v) is 9.01. The lowest BCUT2D eigenvalue weighted by molar-refractivity contribution is -0.129. The Hall–Kier alpha value is -1.44. The van der Waals surface area contributed by atoms with Crippen molar-refractivity contribution in [1.82, 2.24) is 15.5 Å². The van der Waals surface area contributed by atoms with Gasteiger partial charge < -0.3 is 16.4 Å². The van der Waals surface area contributed by atoms with Gasteiger partial charge in [0.2, 0.25) is 11.8 Å². The van der Waals surface area contributed by atoms with Crippen molar-refractivity contribution >= 4 is 23.2 Å². The molecule has 128 valence electrons. The summed E-state index contributed by atoms with van der Waals surface area (Å²) in [6.45, 7) is 4.79. The lowest BCUT2D eigenvalue weighted by atomic mass is 9.97. The molecule has 2 rings (SSSR count). The quantitative estimate of drug-likeness (QED) is 0.683. The molecule has 0 aliphatic carbocycles. The van der Waals surface area contributed by atoms with Gasteiger partial charge in [-0.3, -0.25) is 14.5 Å². The summed E-state index contributed by atoms with van der Waals surface area (Å²) >= 11 is 1.64. The third kappa shape index (κ3) is 5.60. The molecule has 1 aliphatic heterocycles. The van der Waals surface area contributed by atoms with Gasteiger partial charge in [0, 0.05) is 24.5 Å². The number of hydrogen-bond donors (Lipinski definition) is 3. The van der Waals surface area contributed by atoms with Gasteiger partial charge in [-0.25, -0.2) is 0 Å². The first-order valence-electron chi connectivity index (χ1n) is 8.13. The molecule has 2 atom stereocenters. The Morgan fingerprint density at radius 2 is 2.35 bits per heavy atom. The number of carbonyl (C=O) groups excluding carboxylic acids is 2. The van der Waals surface area contributed by atoms with Crippen molar-refractivity contribution in [3.05, 3.63) is 22.4 Å². The van der Waals surface area contributed by atoms with Gasteiger partial charge in [0.1, 0.15) is 0 Å². The van der Waals surface area contributed by atoms with Gasteiger partial charge in [0.15, 0.2) is 0 Å². The maximum absolute atomic E-state index is 12.2. The zero-order chi connectivity index (χ0) is 16.7. The van der Waals surface area contributed by atoms with Crippen LogP contribution in [0.1, 0.15) is 30.7 Å². The smallest absolute Gasteiger partial charge is 0.234 e. The van der Waals surface area contributed by atoms with Crippen LogP contribution >= 0.6 is 11.3 Å². The summed E-state index contributed by atoms with van der Waals surface area (Å²) in [5.41, 5.74) is 5.41. The average molecular weight is 338 g/mol. The first kappa shape index (κ1) is 17.9. The van der Waals surface area contributed by atoms with Crippen LogP contribution in [0.4, 0.5) is 0 Å². The van der Waals surface area contributed by atoms with Gasteiger partial charge in [0.05, 0.1) is 18.5 Å². The van der Waals surface area contributed by atoms with Gasteiger partial charge in [-0.1, -0.05) is 6.07 Å². The molecule has 0 spiro atoms. The summed E-state index contributed by atoms with van der Waals surface area (Å²) in [5, 5.41) is 7.86. The van der Waals surface area contributed by atoms with E-state index in [1.165, 1.54) is 0 Å². The predicted octanol–water partition coefficient (Wildman–Crippen LogP) is 0.712. The maximum Gasteiger partial charge on any atom is 0.234 e. The molecule has 0 radical (unpaired) electrons. The van der Waals surface area contributed by atoms with Crippen LogP contribution in [0.3, 0.4) is 0 Å². The molecule has 4 N–H and O–H groups in total. The second-order valence-corrected chi connectivity index (χ2v) is 6.94. The Labute approximate surface area is 141 Å². The molecule has 0 bridgehead atoms. The van der Waals surface area contributed by atoms with Crippen LogP contribution in [-0.4, -0.2) is 49.4 Å². The minimum Gasteiger partial charge on any atom is -0.355 e. The molecule has 1 aromatic heterocycles. The lowest BCUT2D eigenvalue weighted by Crippen LogP contribution is -2.47. The highest BCUT2D eigenvalue weighted by Gasteiger charge is 2.26. The summed E-state index contributed by atoms with van der Waals surface area (Å²) in [7, 11) is 0. The molecule has 0 saturated carbocycles. The van der Waals surface area contributed by atoms with Crippen molar-refractivity contribution in [2.75, 3.05) is 32.7 Å². The number of nitrogens with zero attached hydrogens (tertiary/aromatic N) is 1. The van der Waals surface area contributed by atoms with Crippen LogP contribution in [0.25, 0.3) is 0 Å². The van der Waals surface area contributed by atoms with Gasteiger partial charge in [-0.05, 0) is 37.8 Å². The number of likely N-dealkylation sites (tertiary alicyclic amines) is 1. The van der Waals surface area contributed by atoms with Crippen LogP contribution < -0.4 is 16.4 Å². The Bertz CT molecular complexity index is 506. The molecule has 1 saturated heterocycles. The van der Waals surface area contributed by atoms with Gasteiger partial charge >= 0.3 is 0 Å². The standard InChI is InChI=1S/C16H26N4O2S/c1-12(14-5-3-9-23-14)19-15(21)11-20-8-2-4-13(10-20)16(22)18-7-6-17/h3,5,9,12-13H,2,4,6-8,10-11,17H2,1H3,(H,18,22)(H,19,21).